The average Bonchev–Trinajstić information content (AvgIpc) is 3.14. The van der Waals surface area contributed by atoms with Crippen LogP contribution in [-0.2, 0) is 11.3 Å². The van der Waals surface area contributed by atoms with E-state index in [1.54, 1.807) is 30.7 Å². The lowest BCUT2D eigenvalue weighted by Gasteiger charge is -2.08. The van der Waals surface area contributed by atoms with Gasteiger partial charge in [-0.2, -0.15) is 4.98 Å². The zero-order valence-electron chi connectivity index (χ0n) is 13.5. The molecule has 3 rings (SSSR count). The van der Waals surface area contributed by atoms with Crippen LogP contribution >= 0.6 is 0 Å². The van der Waals surface area contributed by atoms with Crippen molar-refractivity contribution in [1.82, 2.24) is 9.97 Å². The summed E-state index contributed by atoms with van der Waals surface area (Å²) in [5, 5.41) is 3.11. The molecule has 0 saturated carbocycles. The van der Waals surface area contributed by atoms with Crippen LogP contribution in [0.15, 0.2) is 59.3 Å². The first-order valence-electron chi connectivity index (χ1n) is 7.90. The van der Waals surface area contributed by atoms with Crippen LogP contribution in [0.2, 0.25) is 0 Å². The van der Waals surface area contributed by atoms with Crippen molar-refractivity contribution in [1.29, 1.82) is 0 Å². The van der Waals surface area contributed by atoms with Crippen molar-refractivity contribution in [2.24, 2.45) is 0 Å². The van der Waals surface area contributed by atoms with Gasteiger partial charge in [0.25, 0.3) is 0 Å². The number of hydrogen-bond donors (Lipinski definition) is 1. The molecule has 0 atom stereocenters. The van der Waals surface area contributed by atoms with Crippen molar-refractivity contribution < 1.29 is 18.3 Å². The van der Waals surface area contributed by atoms with E-state index in [9.17, 15) is 4.39 Å². The highest BCUT2D eigenvalue weighted by Gasteiger charge is 2.02. The highest BCUT2D eigenvalue weighted by Crippen LogP contribution is 2.19. The summed E-state index contributed by atoms with van der Waals surface area (Å²) in [6.07, 6.45) is 4.02. The number of nitrogens with one attached hydrogen (secondary N) is 1. The number of anilines is 1. The molecule has 7 heteroatoms. The van der Waals surface area contributed by atoms with Crippen LogP contribution in [0.5, 0.6) is 11.6 Å². The molecule has 6 nitrogen and oxygen atoms in total. The largest absolute Gasteiger partial charge is 0.467 e. The van der Waals surface area contributed by atoms with Crippen molar-refractivity contribution in [2.75, 3.05) is 18.5 Å². The molecule has 2 heterocycles. The molecule has 0 radical (unpaired) electrons. The van der Waals surface area contributed by atoms with Crippen molar-refractivity contribution in [3.63, 3.8) is 0 Å². The molecule has 25 heavy (non-hydrogen) atoms. The van der Waals surface area contributed by atoms with E-state index in [-0.39, 0.29) is 5.82 Å². The minimum Gasteiger partial charge on any atom is -0.467 e. The normalized spacial score (nSPS) is 10.6. The third-order valence-electron chi connectivity index (χ3n) is 3.24. The number of nitrogens with zero attached hydrogens (tertiary/aromatic N) is 2. The molecular formula is C18H18FN3O3. The Labute approximate surface area is 144 Å². The molecule has 0 bridgehead atoms. The number of rotatable bonds is 9. The SMILES string of the molecule is Fc1ccc(Oc2ccnc(NCCCOCc3ccco3)n2)cc1. The third-order valence-corrected chi connectivity index (χ3v) is 3.24. The maximum Gasteiger partial charge on any atom is 0.225 e. The van der Waals surface area contributed by atoms with Crippen LogP contribution in [0.3, 0.4) is 0 Å². The second kappa shape index (κ2) is 8.79. The van der Waals surface area contributed by atoms with E-state index in [0.717, 1.165) is 12.2 Å². The second-order valence-electron chi connectivity index (χ2n) is 5.19. The number of halogens is 1. The molecule has 0 aliphatic heterocycles. The molecule has 0 saturated heterocycles. The summed E-state index contributed by atoms with van der Waals surface area (Å²) < 4.78 is 29.1. The molecule has 0 unspecified atom stereocenters. The van der Waals surface area contributed by atoms with Crippen LogP contribution in [0, 0.1) is 5.82 Å². The predicted octanol–water partition coefficient (Wildman–Crippen LogP) is 4.02. The van der Waals surface area contributed by atoms with E-state index in [0.29, 0.717) is 37.3 Å². The number of hydrogen-bond acceptors (Lipinski definition) is 6. The topological polar surface area (TPSA) is 69.4 Å². The van der Waals surface area contributed by atoms with Gasteiger partial charge in [0.2, 0.25) is 11.8 Å². The Balaban J connectivity index is 1.40. The molecule has 0 amide bonds. The maximum absolute atomic E-state index is 12.9. The van der Waals surface area contributed by atoms with Gasteiger partial charge in [-0.05, 0) is 42.8 Å². The minimum absolute atomic E-state index is 0.313. The first kappa shape index (κ1) is 16.9. The van der Waals surface area contributed by atoms with Gasteiger partial charge in [-0.15, -0.1) is 0 Å². The fourth-order valence-corrected chi connectivity index (χ4v) is 2.05. The number of aromatic nitrogens is 2. The van der Waals surface area contributed by atoms with Crippen molar-refractivity contribution in [3.8, 4) is 11.6 Å². The lowest BCUT2D eigenvalue weighted by atomic mass is 10.3. The summed E-state index contributed by atoms with van der Waals surface area (Å²) in [6, 6.07) is 11.1. The zero-order chi connectivity index (χ0) is 17.3. The standard InChI is InChI=1S/C18H18FN3O3/c19-14-4-6-15(7-5-14)25-17-8-10-21-18(22-17)20-9-2-11-23-13-16-3-1-12-24-16/h1,3-8,10,12H,2,9,11,13H2,(H,20,21,22). The summed E-state index contributed by atoms with van der Waals surface area (Å²) in [5.74, 6) is 1.86. The van der Waals surface area contributed by atoms with Gasteiger partial charge in [0.05, 0.1) is 6.26 Å². The number of furan rings is 1. The van der Waals surface area contributed by atoms with Gasteiger partial charge in [0.15, 0.2) is 0 Å². The van der Waals surface area contributed by atoms with Crippen molar-refractivity contribution >= 4 is 5.95 Å². The van der Waals surface area contributed by atoms with Crippen molar-refractivity contribution in [3.05, 3.63) is 66.5 Å². The number of benzene rings is 1. The molecule has 1 aromatic carbocycles. The van der Waals surface area contributed by atoms with Gasteiger partial charge >= 0.3 is 0 Å². The molecule has 0 aliphatic carbocycles. The predicted molar refractivity (Wildman–Crippen MR) is 90.0 cm³/mol. The molecule has 0 spiro atoms. The van der Waals surface area contributed by atoms with Crippen molar-refractivity contribution in [2.45, 2.75) is 13.0 Å². The highest BCUT2D eigenvalue weighted by molar-refractivity contribution is 5.31. The van der Waals surface area contributed by atoms with E-state index in [1.165, 1.54) is 12.1 Å². The summed E-state index contributed by atoms with van der Waals surface area (Å²) >= 11 is 0. The van der Waals surface area contributed by atoms with Crippen LogP contribution in [-0.4, -0.2) is 23.1 Å². The van der Waals surface area contributed by atoms with Crippen LogP contribution in [0.25, 0.3) is 0 Å². The summed E-state index contributed by atoms with van der Waals surface area (Å²) in [7, 11) is 0. The Bertz CT molecular complexity index is 764. The lowest BCUT2D eigenvalue weighted by Crippen LogP contribution is -2.08. The van der Waals surface area contributed by atoms with E-state index in [1.807, 2.05) is 12.1 Å². The molecular weight excluding hydrogens is 325 g/mol. The summed E-state index contributed by atoms with van der Waals surface area (Å²) in [6.45, 7) is 1.72. The van der Waals surface area contributed by atoms with E-state index >= 15 is 0 Å². The summed E-state index contributed by atoms with van der Waals surface area (Å²) in [4.78, 5) is 8.39. The van der Waals surface area contributed by atoms with Crippen LogP contribution < -0.4 is 10.1 Å². The van der Waals surface area contributed by atoms with Gasteiger partial charge < -0.3 is 19.2 Å². The van der Waals surface area contributed by atoms with Crippen LogP contribution in [0.4, 0.5) is 10.3 Å². The fourth-order valence-electron chi connectivity index (χ4n) is 2.05. The van der Waals surface area contributed by atoms with Gasteiger partial charge in [-0.1, -0.05) is 0 Å². The molecule has 1 N–H and O–H groups in total. The Hall–Kier alpha value is -2.93. The molecule has 3 aromatic rings. The zero-order valence-corrected chi connectivity index (χ0v) is 13.5. The quantitative estimate of drug-likeness (QED) is 0.592. The van der Waals surface area contributed by atoms with Crippen LogP contribution in [0.1, 0.15) is 12.2 Å². The van der Waals surface area contributed by atoms with E-state index in [2.05, 4.69) is 15.3 Å². The molecule has 130 valence electrons. The Morgan fingerprint density at radius 2 is 2.00 bits per heavy atom. The van der Waals surface area contributed by atoms with E-state index in [4.69, 9.17) is 13.9 Å². The van der Waals surface area contributed by atoms with Gasteiger partial charge in [0, 0.05) is 25.4 Å². The number of ether oxygens (including phenoxy) is 2. The molecule has 0 fully saturated rings. The lowest BCUT2D eigenvalue weighted by molar-refractivity contribution is 0.106. The minimum atomic E-state index is -0.313. The monoisotopic (exact) mass is 343 g/mol. The Morgan fingerprint density at radius 3 is 2.80 bits per heavy atom. The maximum atomic E-state index is 12.9. The molecule has 0 aliphatic rings. The first-order valence-corrected chi connectivity index (χ1v) is 7.90. The Kier molecular flexibility index (Phi) is 5.95. The second-order valence-corrected chi connectivity index (χ2v) is 5.19. The van der Waals surface area contributed by atoms with Gasteiger partial charge in [-0.3, -0.25) is 0 Å². The van der Waals surface area contributed by atoms with E-state index < -0.39 is 0 Å². The molecule has 2 aromatic heterocycles. The Morgan fingerprint density at radius 1 is 1.12 bits per heavy atom. The smallest absolute Gasteiger partial charge is 0.225 e. The fraction of sp³-hybridized carbons (Fsp3) is 0.222. The third kappa shape index (κ3) is 5.58. The van der Waals surface area contributed by atoms with Gasteiger partial charge in [0.1, 0.15) is 23.9 Å². The first-order chi connectivity index (χ1) is 12.3. The summed E-state index contributed by atoms with van der Waals surface area (Å²) in [5.41, 5.74) is 0. The van der Waals surface area contributed by atoms with Gasteiger partial charge in [-0.25, -0.2) is 9.37 Å². The highest BCUT2D eigenvalue weighted by atomic mass is 19.1. The average molecular weight is 343 g/mol.